The van der Waals surface area contributed by atoms with Crippen LogP contribution in [0.15, 0.2) is 57.9 Å². The molecule has 3 aromatic carbocycles. The van der Waals surface area contributed by atoms with Crippen LogP contribution in [0.3, 0.4) is 0 Å². The minimum absolute atomic E-state index is 0.0650. The van der Waals surface area contributed by atoms with E-state index in [4.69, 9.17) is 15.2 Å². The van der Waals surface area contributed by atoms with Crippen molar-refractivity contribution in [3.63, 3.8) is 0 Å². The Kier molecular flexibility index (Phi) is 9.49. The summed E-state index contributed by atoms with van der Waals surface area (Å²) in [5, 5.41) is 5.90. The first-order chi connectivity index (χ1) is 19.6. The van der Waals surface area contributed by atoms with Gasteiger partial charge in [-0.05, 0) is 42.5 Å². The maximum absolute atomic E-state index is 13.4. The lowest BCUT2D eigenvalue weighted by Crippen LogP contribution is -2.16. The number of alkyl halides is 6. The number of nitrogen functional groups attached to an aromatic ring is 1. The number of nitrogens with two attached hydrogens (primary N) is 1. The fourth-order valence-electron chi connectivity index (χ4n) is 4.23. The van der Waals surface area contributed by atoms with Crippen LogP contribution in [0.25, 0.3) is 0 Å². The lowest BCUT2D eigenvalue weighted by atomic mass is 10.1. The van der Waals surface area contributed by atoms with Gasteiger partial charge in [-0.3, -0.25) is 4.72 Å². The number of hydrogen-bond acceptors (Lipinski definition) is 7. The molecule has 0 saturated heterocycles. The van der Waals surface area contributed by atoms with Crippen LogP contribution in [0, 0.1) is 0 Å². The van der Waals surface area contributed by atoms with Crippen LogP contribution in [0.4, 0.5) is 37.7 Å². The van der Waals surface area contributed by atoms with Gasteiger partial charge in [0.25, 0.3) is 10.0 Å². The van der Waals surface area contributed by atoms with Crippen LogP contribution in [0.2, 0.25) is 0 Å². The van der Waals surface area contributed by atoms with Crippen LogP contribution in [-0.4, -0.2) is 34.7 Å². The molecule has 0 radical (unpaired) electrons. The number of sulfonamides is 1. The van der Waals surface area contributed by atoms with Gasteiger partial charge in [-0.25, -0.2) is 8.42 Å². The standard InChI is InChI=1S/C16H14BrF3N2O3S.C10H11F3N2O/c17-11-2-1-3-13(7-11)26(23,24)22-12-6-10-9-21-4-5-25-15(10)14(8-12)16(18,19)20;11-10(12,13)8-4-7(14)3-6-5-15-1-2-16-9(6)8/h1-3,6-8,21-22H,4-5,9H2;3-4,15H,1-2,5,14H2. The SMILES string of the molecule is Nc1cc2c(c(C(F)(F)F)c1)OCCNC2.O=S(=O)(Nc1cc2c(c(C(F)(F)F)c1)OCCNC2)c1cccc(Br)c1. The molecule has 5 N–H and O–H groups in total. The van der Waals surface area contributed by atoms with Crippen molar-refractivity contribution in [2.75, 3.05) is 36.8 Å². The van der Waals surface area contributed by atoms with Crippen molar-refractivity contribution >= 4 is 37.3 Å². The second-order valence-electron chi connectivity index (χ2n) is 9.18. The van der Waals surface area contributed by atoms with Crippen LogP contribution in [0.5, 0.6) is 11.5 Å². The van der Waals surface area contributed by atoms with E-state index >= 15 is 0 Å². The van der Waals surface area contributed by atoms with E-state index < -0.39 is 33.5 Å². The first-order valence-electron chi connectivity index (χ1n) is 12.3. The molecule has 0 aliphatic carbocycles. The normalized spacial score (nSPS) is 15.4. The fourth-order valence-corrected chi connectivity index (χ4v) is 5.87. The highest BCUT2D eigenvalue weighted by Gasteiger charge is 2.37. The Balaban J connectivity index is 0.000000216. The van der Waals surface area contributed by atoms with Crippen molar-refractivity contribution in [3.05, 3.63) is 75.3 Å². The first-order valence-corrected chi connectivity index (χ1v) is 14.6. The van der Waals surface area contributed by atoms with Crippen molar-refractivity contribution in [1.29, 1.82) is 0 Å². The molecule has 0 amide bonds. The Morgan fingerprint density at radius 3 is 1.90 bits per heavy atom. The number of nitrogens with one attached hydrogen (secondary N) is 3. The van der Waals surface area contributed by atoms with E-state index in [9.17, 15) is 34.8 Å². The average molecular weight is 683 g/mol. The molecule has 3 aromatic rings. The predicted molar refractivity (Wildman–Crippen MR) is 147 cm³/mol. The highest BCUT2D eigenvalue weighted by molar-refractivity contribution is 9.10. The summed E-state index contributed by atoms with van der Waals surface area (Å²) in [6.45, 7) is 1.71. The Hall–Kier alpha value is -3.21. The highest BCUT2D eigenvalue weighted by Crippen LogP contribution is 2.42. The summed E-state index contributed by atoms with van der Waals surface area (Å²) in [7, 11) is -4.04. The van der Waals surface area contributed by atoms with Crippen molar-refractivity contribution in [2.45, 2.75) is 30.3 Å². The zero-order valence-corrected chi connectivity index (χ0v) is 24.0. The van der Waals surface area contributed by atoms with Crippen LogP contribution in [-0.2, 0) is 35.5 Å². The summed E-state index contributed by atoms with van der Waals surface area (Å²) < 4.78 is 117. The lowest BCUT2D eigenvalue weighted by Gasteiger charge is -2.18. The molecule has 2 aliphatic heterocycles. The Bertz CT molecular complexity index is 1550. The monoisotopic (exact) mass is 682 g/mol. The summed E-state index contributed by atoms with van der Waals surface area (Å²) in [5.41, 5.74) is 4.25. The molecular weight excluding hydrogens is 658 g/mol. The van der Waals surface area contributed by atoms with E-state index in [-0.39, 0.29) is 53.1 Å². The zero-order chi connectivity index (χ0) is 30.7. The number of fused-ring (bicyclic) bond motifs is 2. The lowest BCUT2D eigenvalue weighted by molar-refractivity contribution is -0.139. The quantitative estimate of drug-likeness (QED) is 0.213. The third kappa shape index (κ3) is 7.79. The van der Waals surface area contributed by atoms with E-state index in [0.29, 0.717) is 29.7 Å². The molecule has 8 nitrogen and oxygen atoms in total. The van der Waals surface area contributed by atoms with E-state index in [1.807, 2.05) is 0 Å². The zero-order valence-electron chi connectivity index (χ0n) is 21.6. The maximum Gasteiger partial charge on any atom is 0.420 e. The van der Waals surface area contributed by atoms with Crippen molar-refractivity contribution in [1.82, 2.24) is 10.6 Å². The van der Waals surface area contributed by atoms with Gasteiger partial charge in [0.05, 0.1) is 21.7 Å². The smallest absolute Gasteiger partial charge is 0.420 e. The summed E-state index contributed by atoms with van der Waals surface area (Å²) in [6, 6.07) is 10.4. The Morgan fingerprint density at radius 2 is 1.36 bits per heavy atom. The van der Waals surface area contributed by atoms with Crippen LogP contribution >= 0.6 is 15.9 Å². The van der Waals surface area contributed by atoms with Gasteiger partial charge < -0.3 is 25.8 Å². The number of halogens is 7. The Labute approximate surface area is 245 Å². The van der Waals surface area contributed by atoms with Gasteiger partial charge in [0, 0.05) is 47.5 Å². The molecule has 0 unspecified atom stereocenters. The predicted octanol–water partition coefficient (Wildman–Crippen LogP) is 5.52. The minimum Gasteiger partial charge on any atom is -0.491 e. The number of anilines is 2. The minimum atomic E-state index is -4.67. The van der Waals surface area contributed by atoms with Crippen molar-refractivity contribution in [2.24, 2.45) is 0 Å². The third-order valence-corrected chi connectivity index (χ3v) is 7.88. The second-order valence-corrected chi connectivity index (χ2v) is 11.8. The number of hydrogen-bond donors (Lipinski definition) is 4. The van der Waals surface area contributed by atoms with Gasteiger partial charge in [0.2, 0.25) is 0 Å². The largest absolute Gasteiger partial charge is 0.491 e. The van der Waals surface area contributed by atoms with Gasteiger partial charge in [0.1, 0.15) is 24.7 Å². The molecule has 228 valence electrons. The van der Waals surface area contributed by atoms with Gasteiger partial charge in [-0.2, -0.15) is 26.3 Å². The van der Waals surface area contributed by atoms with E-state index in [1.54, 1.807) is 6.07 Å². The topological polar surface area (TPSA) is 115 Å². The van der Waals surface area contributed by atoms with Crippen LogP contribution in [0.1, 0.15) is 22.3 Å². The number of ether oxygens (including phenoxy) is 2. The first kappa shape index (κ1) is 31.7. The van der Waals surface area contributed by atoms with Crippen molar-refractivity contribution in [3.8, 4) is 11.5 Å². The van der Waals surface area contributed by atoms with Crippen molar-refractivity contribution < 1.29 is 44.2 Å². The fraction of sp³-hybridized carbons (Fsp3) is 0.308. The summed E-state index contributed by atoms with van der Waals surface area (Å²) in [5.74, 6) is -0.375. The molecule has 2 heterocycles. The molecule has 42 heavy (non-hydrogen) atoms. The number of benzene rings is 3. The maximum atomic E-state index is 13.4. The van der Waals surface area contributed by atoms with E-state index in [0.717, 1.165) is 12.1 Å². The summed E-state index contributed by atoms with van der Waals surface area (Å²) in [6.07, 6.45) is -9.12. The molecule has 0 fully saturated rings. The third-order valence-electron chi connectivity index (χ3n) is 6.00. The molecule has 16 heteroatoms. The van der Waals surface area contributed by atoms with E-state index in [1.165, 1.54) is 30.3 Å². The molecule has 2 aliphatic rings. The molecular formula is C26H25BrF6N4O4S. The molecule has 0 atom stereocenters. The molecule has 0 bridgehead atoms. The number of rotatable bonds is 3. The van der Waals surface area contributed by atoms with Gasteiger partial charge in [-0.1, -0.05) is 22.0 Å². The van der Waals surface area contributed by atoms with Gasteiger partial charge in [0.15, 0.2) is 0 Å². The van der Waals surface area contributed by atoms with E-state index in [2.05, 4.69) is 31.3 Å². The van der Waals surface area contributed by atoms with Gasteiger partial charge in [-0.15, -0.1) is 0 Å². The Morgan fingerprint density at radius 1 is 0.810 bits per heavy atom. The van der Waals surface area contributed by atoms with Gasteiger partial charge >= 0.3 is 12.4 Å². The second kappa shape index (κ2) is 12.6. The summed E-state index contributed by atoms with van der Waals surface area (Å²) >= 11 is 3.17. The molecule has 5 rings (SSSR count). The average Bonchev–Trinajstić information content (AvgIpc) is 3.27. The molecule has 0 saturated carbocycles. The summed E-state index contributed by atoms with van der Waals surface area (Å²) in [4.78, 5) is -0.0650. The van der Waals surface area contributed by atoms with Crippen LogP contribution < -0.4 is 30.6 Å². The molecule has 0 aromatic heterocycles. The highest BCUT2D eigenvalue weighted by atomic mass is 79.9. The molecule has 0 spiro atoms.